The summed E-state index contributed by atoms with van der Waals surface area (Å²) in [6, 6.07) is 7.34. The molecule has 1 fully saturated rings. The first-order valence-corrected chi connectivity index (χ1v) is 10.8. The van der Waals surface area contributed by atoms with Crippen LogP contribution < -0.4 is 0 Å². The first-order valence-electron chi connectivity index (χ1n) is 10.8. The lowest BCUT2D eigenvalue weighted by atomic mass is 9.69. The second-order valence-electron chi connectivity index (χ2n) is 8.77. The molecule has 1 unspecified atom stereocenters. The first kappa shape index (κ1) is 19.5. The van der Waals surface area contributed by atoms with Crippen molar-refractivity contribution in [2.24, 2.45) is 17.8 Å². The minimum absolute atomic E-state index is 0.256. The van der Waals surface area contributed by atoms with Crippen LogP contribution in [0.5, 0.6) is 0 Å². The van der Waals surface area contributed by atoms with E-state index in [-0.39, 0.29) is 5.82 Å². The largest absolute Gasteiger partial charge is 0.206 e. The Bertz CT molecular complexity index is 834. The topological polar surface area (TPSA) is 0 Å². The van der Waals surface area contributed by atoms with Crippen LogP contribution in [0.3, 0.4) is 0 Å². The van der Waals surface area contributed by atoms with Gasteiger partial charge < -0.3 is 0 Å². The maximum atomic E-state index is 15.2. The molecule has 3 heteroatoms. The summed E-state index contributed by atoms with van der Waals surface area (Å²) in [4.78, 5) is 0. The third kappa shape index (κ3) is 3.86. The normalized spacial score (nSPS) is 24.8. The summed E-state index contributed by atoms with van der Waals surface area (Å²) in [5.41, 5.74) is 2.65. The van der Waals surface area contributed by atoms with Crippen LogP contribution in [0.15, 0.2) is 30.3 Å². The van der Waals surface area contributed by atoms with E-state index in [2.05, 4.69) is 6.92 Å². The molecular weight excluding hydrogens is 357 g/mol. The van der Waals surface area contributed by atoms with Crippen LogP contribution in [-0.2, 0) is 12.8 Å². The maximum Gasteiger partial charge on any atom is 0.159 e. The van der Waals surface area contributed by atoms with Gasteiger partial charge in [-0.15, -0.1) is 0 Å². The smallest absolute Gasteiger partial charge is 0.159 e. The van der Waals surface area contributed by atoms with E-state index >= 15 is 4.39 Å². The van der Waals surface area contributed by atoms with Crippen molar-refractivity contribution in [2.75, 3.05) is 0 Å². The molecule has 0 spiro atoms. The molecule has 0 saturated heterocycles. The molecule has 4 rings (SSSR count). The van der Waals surface area contributed by atoms with Crippen LogP contribution in [0.1, 0.15) is 63.0 Å². The second kappa shape index (κ2) is 8.31. The minimum Gasteiger partial charge on any atom is -0.206 e. The summed E-state index contributed by atoms with van der Waals surface area (Å²) in [7, 11) is 0. The van der Waals surface area contributed by atoms with Gasteiger partial charge in [0.05, 0.1) is 0 Å². The van der Waals surface area contributed by atoms with Gasteiger partial charge in [-0.05, 0) is 78.7 Å². The van der Waals surface area contributed by atoms with Crippen molar-refractivity contribution in [3.05, 3.63) is 58.9 Å². The predicted molar refractivity (Wildman–Crippen MR) is 108 cm³/mol. The van der Waals surface area contributed by atoms with E-state index < -0.39 is 11.6 Å². The summed E-state index contributed by atoms with van der Waals surface area (Å²) in [6.45, 7) is 2.27. The zero-order chi connectivity index (χ0) is 19.7. The van der Waals surface area contributed by atoms with Crippen LogP contribution >= 0.6 is 0 Å². The van der Waals surface area contributed by atoms with E-state index in [1.54, 1.807) is 6.07 Å². The van der Waals surface area contributed by atoms with Gasteiger partial charge in [0.25, 0.3) is 0 Å². The first-order chi connectivity index (χ1) is 13.6. The monoisotopic (exact) mass is 386 g/mol. The lowest BCUT2D eigenvalue weighted by Gasteiger charge is -2.36. The van der Waals surface area contributed by atoms with Crippen LogP contribution in [0.4, 0.5) is 13.2 Å². The molecule has 28 heavy (non-hydrogen) atoms. The zero-order valence-corrected chi connectivity index (χ0v) is 16.6. The van der Waals surface area contributed by atoms with Gasteiger partial charge in [-0.25, -0.2) is 13.2 Å². The fourth-order valence-corrected chi connectivity index (χ4v) is 5.48. The molecule has 0 aromatic heterocycles. The molecule has 0 bridgehead atoms. The highest BCUT2D eigenvalue weighted by atomic mass is 19.2. The van der Waals surface area contributed by atoms with Gasteiger partial charge in [0.1, 0.15) is 5.82 Å². The van der Waals surface area contributed by atoms with Crippen LogP contribution in [-0.4, -0.2) is 0 Å². The molecule has 2 aromatic carbocycles. The van der Waals surface area contributed by atoms with Gasteiger partial charge in [-0.2, -0.15) is 0 Å². The summed E-state index contributed by atoms with van der Waals surface area (Å²) in [6.07, 6.45) is 10.7. The summed E-state index contributed by atoms with van der Waals surface area (Å²) < 4.78 is 41.9. The maximum absolute atomic E-state index is 15.2. The fourth-order valence-electron chi connectivity index (χ4n) is 5.48. The van der Waals surface area contributed by atoms with Gasteiger partial charge in [0.2, 0.25) is 0 Å². The Balaban J connectivity index is 1.50. The number of rotatable bonds is 4. The molecule has 0 heterocycles. The highest BCUT2D eigenvalue weighted by Gasteiger charge is 2.31. The Morgan fingerprint density at radius 3 is 2.36 bits per heavy atom. The molecule has 0 amide bonds. The zero-order valence-electron chi connectivity index (χ0n) is 16.6. The Morgan fingerprint density at radius 2 is 1.64 bits per heavy atom. The Kier molecular flexibility index (Phi) is 5.80. The Labute approximate surface area is 166 Å². The Morgan fingerprint density at radius 1 is 0.857 bits per heavy atom. The van der Waals surface area contributed by atoms with Gasteiger partial charge >= 0.3 is 0 Å². The molecule has 0 N–H and O–H groups in total. The van der Waals surface area contributed by atoms with E-state index in [1.165, 1.54) is 44.6 Å². The average Bonchev–Trinajstić information content (AvgIpc) is 2.71. The van der Waals surface area contributed by atoms with Crippen molar-refractivity contribution in [3.63, 3.8) is 0 Å². The standard InChI is InChI=1S/C25H29F3/c1-2-3-16-4-6-17(7-5-16)18-8-11-21-19(14-18)9-12-22(25(21)28)20-10-13-23(26)24(27)15-20/h9-10,12-13,15-18H,2-8,11,14H2,1H3. The van der Waals surface area contributed by atoms with Crippen molar-refractivity contribution in [2.45, 2.75) is 64.7 Å². The highest BCUT2D eigenvalue weighted by molar-refractivity contribution is 5.66. The van der Waals surface area contributed by atoms with Crippen LogP contribution in [0.25, 0.3) is 11.1 Å². The van der Waals surface area contributed by atoms with E-state index in [0.29, 0.717) is 17.0 Å². The number of hydrogen-bond acceptors (Lipinski definition) is 0. The lowest BCUT2D eigenvalue weighted by molar-refractivity contribution is 0.183. The van der Waals surface area contributed by atoms with Crippen molar-refractivity contribution < 1.29 is 13.2 Å². The molecule has 1 atom stereocenters. The summed E-state index contributed by atoms with van der Waals surface area (Å²) in [5.74, 6) is 0.243. The van der Waals surface area contributed by atoms with Gasteiger partial charge in [0, 0.05) is 5.56 Å². The van der Waals surface area contributed by atoms with E-state index in [0.717, 1.165) is 54.4 Å². The number of benzene rings is 2. The van der Waals surface area contributed by atoms with E-state index in [9.17, 15) is 8.78 Å². The molecule has 2 aliphatic carbocycles. The van der Waals surface area contributed by atoms with E-state index in [1.807, 2.05) is 6.07 Å². The fraction of sp³-hybridized carbons (Fsp3) is 0.520. The third-order valence-corrected chi connectivity index (χ3v) is 7.07. The summed E-state index contributed by atoms with van der Waals surface area (Å²) >= 11 is 0. The quantitative estimate of drug-likeness (QED) is 0.511. The highest BCUT2D eigenvalue weighted by Crippen LogP contribution is 2.42. The average molecular weight is 387 g/mol. The molecule has 0 aliphatic heterocycles. The van der Waals surface area contributed by atoms with Crippen molar-refractivity contribution in [3.8, 4) is 11.1 Å². The molecule has 2 aromatic rings. The number of fused-ring (bicyclic) bond motifs is 1. The molecule has 2 aliphatic rings. The van der Waals surface area contributed by atoms with Gasteiger partial charge in [-0.3, -0.25) is 0 Å². The van der Waals surface area contributed by atoms with Crippen LogP contribution in [0.2, 0.25) is 0 Å². The SMILES string of the molecule is CCCC1CCC(C2CCc3c(ccc(-c4ccc(F)c(F)c4)c3F)C2)CC1. The van der Waals surface area contributed by atoms with Crippen LogP contribution in [0, 0.1) is 35.2 Å². The Hall–Kier alpha value is -1.77. The lowest BCUT2D eigenvalue weighted by Crippen LogP contribution is -2.27. The second-order valence-corrected chi connectivity index (χ2v) is 8.77. The number of hydrogen-bond donors (Lipinski definition) is 0. The van der Waals surface area contributed by atoms with Crippen molar-refractivity contribution in [1.82, 2.24) is 0 Å². The van der Waals surface area contributed by atoms with Crippen molar-refractivity contribution in [1.29, 1.82) is 0 Å². The van der Waals surface area contributed by atoms with Crippen molar-refractivity contribution >= 4 is 0 Å². The molecule has 0 radical (unpaired) electrons. The predicted octanol–water partition coefficient (Wildman–Crippen LogP) is 7.48. The van der Waals surface area contributed by atoms with E-state index in [4.69, 9.17) is 0 Å². The van der Waals surface area contributed by atoms with Gasteiger partial charge in [0.15, 0.2) is 11.6 Å². The molecular formula is C25H29F3. The number of halogens is 3. The summed E-state index contributed by atoms with van der Waals surface area (Å²) in [5, 5.41) is 0. The van der Waals surface area contributed by atoms with Gasteiger partial charge in [-0.1, -0.05) is 50.8 Å². The molecule has 0 nitrogen and oxygen atoms in total. The molecule has 150 valence electrons. The minimum atomic E-state index is -0.937. The third-order valence-electron chi connectivity index (χ3n) is 7.07. The molecule has 1 saturated carbocycles.